The number of aromatic carboxylic acids is 4. The van der Waals surface area contributed by atoms with Gasteiger partial charge in [-0.05, 0) is 60.7 Å². The Morgan fingerprint density at radius 1 is 0.531 bits per heavy atom. The molecule has 0 amide bonds. The van der Waals surface area contributed by atoms with Gasteiger partial charge in [0, 0.05) is 23.5 Å². The maximum atomic E-state index is 10.6. The minimum absolute atomic E-state index is 0. The van der Waals surface area contributed by atoms with Crippen LogP contribution in [0.15, 0.2) is 91.3 Å². The number of hydrogen-bond acceptors (Lipinski definition) is 9. The van der Waals surface area contributed by atoms with Crippen molar-refractivity contribution in [2.45, 2.75) is 0 Å². The molecule has 3 heterocycles. The minimum Gasteiger partial charge on any atom is -0.545 e. The van der Waals surface area contributed by atoms with E-state index in [1.807, 2.05) is 54.6 Å². The van der Waals surface area contributed by atoms with Gasteiger partial charge in [-0.3, -0.25) is 9.97 Å². The summed E-state index contributed by atoms with van der Waals surface area (Å²) < 4.78 is 0. The van der Waals surface area contributed by atoms with Crippen molar-refractivity contribution in [3.05, 3.63) is 134 Å². The molecule has 0 aliphatic heterocycles. The summed E-state index contributed by atoms with van der Waals surface area (Å²) >= 11 is 22.1. The van der Waals surface area contributed by atoms with Crippen LogP contribution in [0.2, 0.25) is 20.1 Å². The molecule has 0 unspecified atom stereocenters. The third kappa shape index (κ3) is 12.4. The van der Waals surface area contributed by atoms with Crippen LogP contribution in [0.1, 0.15) is 41.4 Å². The van der Waals surface area contributed by atoms with E-state index in [1.54, 1.807) is 12.4 Å². The average Bonchev–Trinajstić information content (AvgIpc) is 3.04. The summed E-state index contributed by atoms with van der Waals surface area (Å²) in [5, 5.41) is 38.2. The topological polar surface area (TPSA) is 258 Å². The first-order valence-corrected chi connectivity index (χ1v) is 14.0. The Hall–Kier alpha value is -4.63. The summed E-state index contributed by atoms with van der Waals surface area (Å²) in [5.41, 5.74) is 1.58. The Bertz CT molecular complexity index is 1710. The fourth-order valence-corrected chi connectivity index (χ4v) is 4.19. The zero-order chi connectivity index (χ0) is 34.0. The summed E-state index contributed by atoms with van der Waals surface area (Å²) in [6.45, 7) is 0. The Labute approximate surface area is 307 Å². The van der Waals surface area contributed by atoms with Crippen LogP contribution in [0, 0.1) is 0 Å². The van der Waals surface area contributed by atoms with E-state index >= 15 is 0 Å². The molecule has 0 saturated carbocycles. The molecular weight excluding hydrogens is 780 g/mol. The molecule has 0 aliphatic rings. The number of pyridine rings is 3. The van der Waals surface area contributed by atoms with Gasteiger partial charge >= 0.3 is 29.0 Å². The number of halogens is 4. The van der Waals surface area contributed by atoms with Crippen molar-refractivity contribution >= 4 is 70.3 Å². The molecule has 0 atom stereocenters. The zero-order valence-corrected chi connectivity index (χ0v) is 28.2. The van der Waals surface area contributed by atoms with Crippen LogP contribution in [-0.4, -0.2) is 54.5 Å². The second kappa shape index (κ2) is 20.7. The molecule has 18 heteroatoms. The first-order chi connectivity index (χ1) is 21.8. The third-order valence-electron chi connectivity index (χ3n) is 5.63. The van der Waals surface area contributed by atoms with Crippen LogP contribution >= 0.6 is 46.4 Å². The number of carboxylic acids is 4. The molecular formula is C31H22Cl4CuN3O10+. The van der Waals surface area contributed by atoms with Gasteiger partial charge in [-0.1, -0.05) is 64.6 Å². The largest absolute Gasteiger partial charge is 2.00 e. The number of carbonyl (C=O) groups is 4. The Balaban J connectivity index is 0.000000694. The van der Waals surface area contributed by atoms with E-state index in [1.165, 1.54) is 0 Å². The number of nitrogens with zero attached hydrogens (tertiary/aromatic N) is 3. The van der Waals surface area contributed by atoms with E-state index in [0.29, 0.717) is 0 Å². The van der Waals surface area contributed by atoms with Crippen molar-refractivity contribution < 1.29 is 67.6 Å². The van der Waals surface area contributed by atoms with Gasteiger partial charge < -0.3 is 41.0 Å². The van der Waals surface area contributed by atoms with Crippen LogP contribution in [0.5, 0.6) is 0 Å². The van der Waals surface area contributed by atoms with Gasteiger partial charge in [0.2, 0.25) is 0 Å². The molecule has 49 heavy (non-hydrogen) atoms. The Kier molecular flexibility index (Phi) is 18.7. The zero-order valence-electron chi connectivity index (χ0n) is 24.2. The third-order valence-corrected chi connectivity index (χ3v) is 7.07. The second-order valence-corrected chi connectivity index (χ2v) is 10.3. The van der Waals surface area contributed by atoms with Crippen LogP contribution < -0.4 is 10.2 Å². The van der Waals surface area contributed by atoms with Gasteiger partial charge in [0.15, 0.2) is 0 Å². The van der Waals surface area contributed by atoms with E-state index in [0.717, 1.165) is 47.0 Å². The molecule has 259 valence electrons. The summed E-state index contributed by atoms with van der Waals surface area (Å²) in [5.74, 6) is -6.02. The predicted molar refractivity (Wildman–Crippen MR) is 175 cm³/mol. The van der Waals surface area contributed by atoms with Crippen molar-refractivity contribution in [3.8, 4) is 22.8 Å². The SMILES string of the molecule is O.O=C([O-])c1cc(Cl)c(Cl)cc1C(=O)O.O=C([O-])c1cc(Cl)c(Cl)cc1C(=O)O.[Cu+2].[OH3+].c1ccc(-c2cccc(-c3ccccn3)n2)nc1. The van der Waals surface area contributed by atoms with E-state index < -0.39 is 46.1 Å². The standard InChI is InChI=1S/C15H11N3.2C8H4Cl2O4.Cu.2H2O/c1-3-10-16-12(6-1)14-8-5-9-15(18-14)13-7-2-4-11-17-13;2*9-5-1-3(7(11)12)4(8(13)14)2-6(5)10;;;/h1-11H;2*1-2H,(H,11,12)(H,13,14);;2*1H2/q;;;+2;;/p-1. The molecule has 2 aromatic carbocycles. The normalized spacial score (nSPS) is 9.39. The minimum atomic E-state index is -1.61. The van der Waals surface area contributed by atoms with Gasteiger partial charge in [-0.25, -0.2) is 14.6 Å². The first-order valence-electron chi connectivity index (χ1n) is 12.5. The number of carbonyl (C=O) groups excluding carboxylic acids is 2. The molecule has 1 radical (unpaired) electrons. The van der Waals surface area contributed by atoms with Gasteiger partial charge in [0.05, 0.1) is 65.9 Å². The Morgan fingerprint density at radius 2 is 0.837 bits per heavy atom. The van der Waals surface area contributed by atoms with Crippen molar-refractivity contribution in [1.82, 2.24) is 15.0 Å². The summed E-state index contributed by atoms with van der Waals surface area (Å²) in [6.07, 6.45) is 3.54. The number of aromatic nitrogens is 3. The molecule has 0 bridgehead atoms. The van der Waals surface area contributed by atoms with Gasteiger partial charge in [-0.15, -0.1) is 0 Å². The van der Waals surface area contributed by atoms with Crippen molar-refractivity contribution in [2.24, 2.45) is 0 Å². The second-order valence-electron chi connectivity index (χ2n) is 8.65. The van der Waals surface area contributed by atoms with Gasteiger partial charge in [-0.2, -0.15) is 0 Å². The Morgan fingerprint density at radius 3 is 1.10 bits per heavy atom. The molecule has 13 nitrogen and oxygen atoms in total. The van der Waals surface area contributed by atoms with E-state index in [-0.39, 0.29) is 48.1 Å². The predicted octanol–water partition coefficient (Wildman–Crippen LogP) is 3.57. The molecule has 3 aromatic heterocycles. The molecule has 7 N–H and O–H groups in total. The molecule has 0 saturated heterocycles. The number of carboxylic acid groups (broad SMARTS) is 4. The molecule has 0 fully saturated rings. The maximum absolute atomic E-state index is 10.6. The van der Waals surface area contributed by atoms with Crippen LogP contribution in [-0.2, 0) is 22.5 Å². The fourth-order valence-electron chi connectivity index (χ4n) is 3.53. The van der Waals surface area contributed by atoms with Gasteiger partial charge in [0.25, 0.3) is 0 Å². The number of benzene rings is 2. The summed E-state index contributed by atoms with van der Waals surface area (Å²) in [4.78, 5) is 55.4. The fraction of sp³-hybridized carbons (Fsp3) is 0. The van der Waals surface area contributed by atoms with E-state index in [4.69, 9.17) is 56.6 Å². The van der Waals surface area contributed by atoms with Crippen LogP contribution in [0.3, 0.4) is 0 Å². The average molecular weight is 802 g/mol. The van der Waals surface area contributed by atoms with Crippen molar-refractivity contribution in [1.29, 1.82) is 0 Å². The maximum Gasteiger partial charge on any atom is 2.00 e. The first kappa shape index (κ1) is 44.4. The summed E-state index contributed by atoms with van der Waals surface area (Å²) in [6, 6.07) is 21.3. The molecule has 0 aliphatic carbocycles. The van der Waals surface area contributed by atoms with E-state index in [9.17, 15) is 29.4 Å². The molecule has 0 spiro atoms. The monoisotopic (exact) mass is 799 g/mol. The van der Waals surface area contributed by atoms with Crippen LogP contribution in [0.4, 0.5) is 0 Å². The van der Waals surface area contributed by atoms with Crippen LogP contribution in [0.25, 0.3) is 22.8 Å². The smallest absolute Gasteiger partial charge is 0.545 e. The van der Waals surface area contributed by atoms with Gasteiger partial charge in [0.1, 0.15) is 0 Å². The molecule has 5 aromatic rings. The number of rotatable bonds is 6. The van der Waals surface area contributed by atoms with Crippen molar-refractivity contribution in [3.63, 3.8) is 0 Å². The van der Waals surface area contributed by atoms with Crippen molar-refractivity contribution in [2.75, 3.05) is 0 Å². The summed E-state index contributed by atoms with van der Waals surface area (Å²) in [7, 11) is 0. The number of hydrogen-bond donors (Lipinski definition) is 2. The van der Waals surface area contributed by atoms with E-state index in [2.05, 4.69) is 15.0 Å². The quantitative estimate of drug-likeness (QED) is 0.185. The molecule has 5 rings (SSSR count).